The molecule has 0 saturated carbocycles. The van der Waals surface area contributed by atoms with Gasteiger partial charge in [-0.2, -0.15) is 9.61 Å². The summed E-state index contributed by atoms with van der Waals surface area (Å²) in [4.78, 5) is 18.0. The summed E-state index contributed by atoms with van der Waals surface area (Å²) in [6.45, 7) is 1.86. The third-order valence-electron chi connectivity index (χ3n) is 3.41. The second-order valence-corrected chi connectivity index (χ2v) is 4.53. The number of ether oxygens (including phenoxy) is 1. The Balaban J connectivity index is 2.06. The van der Waals surface area contributed by atoms with E-state index < -0.39 is 30.1 Å². The molecule has 0 aliphatic carbocycles. The van der Waals surface area contributed by atoms with Crippen LogP contribution in [-0.4, -0.2) is 48.1 Å². The molecule has 0 aromatic carbocycles. The van der Waals surface area contributed by atoms with Crippen LogP contribution in [0.1, 0.15) is 25.0 Å². The molecule has 0 amide bonds. The van der Waals surface area contributed by atoms with Gasteiger partial charge in [0.15, 0.2) is 5.65 Å². The summed E-state index contributed by atoms with van der Waals surface area (Å²) in [6, 6.07) is 0. The molecule has 1 aliphatic rings. The highest BCUT2D eigenvalue weighted by Gasteiger charge is 2.43. The molecule has 4 atom stereocenters. The van der Waals surface area contributed by atoms with Gasteiger partial charge in [0, 0.05) is 5.56 Å². The molecule has 3 rings (SSSR count). The van der Waals surface area contributed by atoms with E-state index >= 15 is 0 Å². The van der Waals surface area contributed by atoms with Crippen LogP contribution >= 0.6 is 0 Å². The van der Waals surface area contributed by atoms with Crippen molar-refractivity contribution < 1.29 is 14.9 Å². The van der Waals surface area contributed by atoms with Crippen molar-refractivity contribution in [2.45, 2.75) is 37.8 Å². The Kier molecular flexibility index (Phi) is 2.85. The largest absolute Gasteiger partial charge is 0.388 e. The lowest BCUT2D eigenvalue weighted by Crippen LogP contribution is -2.30. The van der Waals surface area contributed by atoms with Gasteiger partial charge in [-0.15, -0.1) is 0 Å². The Morgan fingerprint density at radius 1 is 1.47 bits per heavy atom. The lowest BCUT2D eigenvalue weighted by Gasteiger charge is -2.12. The molecule has 3 N–H and O–H groups in total. The highest BCUT2D eigenvalue weighted by molar-refractivity contribution is 5.47. The van der Waals surface area contributed by atoms with Crippen molar-refractivity contribution in [2.24, 2.45) is 0 Å². The van der Waals surface area contributed by atoms with E-state index in [4.69, 9.17) is 4.74 Å². The van der Waals surface area contributed by atoms with Gasteiger partial charge >= 0.3 is 5.69 Å². The third-order valence-corrected chi connectivity index (χ3v) is 3.41. The maximum atomic E-state index is 11.5. The minimum Gasteiger partial charge on any atom is -0.388 e. The van der Waals surface area contributed by atoms with Crippen molar-refractivity contribution in [1.82, 2.24) is 19.6 Å². The van der Waals surface area contributed by atoms with E-state index in [2.05, 4.69) is 15.1 Å². The van der Waals surface area contributed by atoms with Gasteiger partial charge in [0.05, 0.1) is 18.6 Å². The normalized spacial score (nSPS) is 31.1. The van der Waals surface area contributed by atoms with Crippen LogP contribution in [0.15, 0.2) is 17.3 Å². The van der Waals surface area contributed by atoms with Crippen LogP contribution in [0.3, 0.4) is 0 Å². The van der Waals surface area contributed by atoms with Crippen molar-refractivity contribution in [2.75, 3.05) is 0 Å². The molecule has 8 nitrogen and oxygen atoms in total. The molecule has 8 heteroatoms. The molecular formula is C11H14N4O4. The van der Waals surface area contributed by atoms with Crippen LogP contribution in [0.5, 0.6) is 0 Å². The fraction of sp³-hybridized carbons (Fsp3) is 0.545. The van der Waals surface area contributed by atoms with Gasteiger partial charge < -0.3 is 14.9 Å². The monoisotopic (exact) mass is 266 g/mol. The SMILES string of the molecule is CC[C@H]1O[C@@H](c2cnn3c(=O)[nH]cnc23)[C@H](O)[C@@H]1O. The van der Waals surface area contributed by atoms with Crippen LogP contribution in [0.25, 0.3) is 5.65 Å². The second kappa shape index (κ2) is 4.41. The lowest BCUT2D eigenvalue weighted by atomic mass is 10.0. The Bertz CT molecular complexity index is 651. The van der Waals surface area contributed by atoms with E-state index in [-0.39, 0.29) is 0 Å². The minimum absolute atomic E-state index is 0.316. The number of aliphatic hydroxyl groups is 2. The molecule has 102 valence electrons. The average Bonchev–Trinajstić information content (AvgIpc) is 2.94. The topological polar surface area (TPSA) is 113 Å². The zero-order valence-corrected chi connectivity index (χ0v) is 10.2. The molecule has 0 radical (unpaired) electrons. The van der Waals surface area contributed by atoms with Crippen molar-refractivity contribution >= 4 is 5.65 Å². The number of nitrogens with one attached hydrogen (secondary N) is 1. The number of aromatic nitrogens is 4. The van der Waals surface area contributed by atoms with Crippen LogP contribution in [-0.2, 0) is 4.74 Å². The molecule has 0 spiro atoms. The van der Waals surface area contributed by atoms with Crippen molar-refractivity contribution in [3.63, 3.8) is 0 Å². The predicted octanol–water partition coefficient (Wildman–Crippen LogP) is -1.01. The lowest BCUT2D eigenvalue weighted by molar-refractivity contribution is 0.00614. The van der Waals surface area contributed by atoms with Crippen molar-refractivity contribution in [3.05, 3.63) is 28.6 Å². The van der Waals surface area contributed by atoms with E-state index in [1.807, 2.05) is 6.92 Å². The van der Waals surface area contributed by atoms with Gasteiger partial charge in [-0.3, -0.25) is 4.98 Å². The van der Waals surface area contributed by atoms with Gasteiger partial charge in [-0.05, 0) is 6.42 Å². The van der Waals surface area contributed by atoms with Gasteiger partial charge in [0.2, 0.25) is 0 Å². The van der Waals surface area contributed by atoms with Gasteiger partial charge in [-0.25, -0.2) is 9.78 Å². The summed E-state index contributed by atoms with van der Waals surface area (Å²) in [5, 5.41) is 23.8. The maximum absolute atomic E-state index is 11.5. The molecular weight excluding hydrogens is 252 g/mol. The zero-order valence-electron chi connectivity index (χ0n) is 10.2. The predicted molar refractivity (Wildman–Crippen MR) is 63.5 cm³/mol. The van der Waals surface area contributed by atoms with Gasteiger partial charge in [-0.1, -0.05) is 6.92 Å². The third kappa shape index (κ3) is 1.76. The summed E-state index contributed by atoms with van der Waals surface area (Å²) >= 11 is 0. The zero-order chi connectivity index (χ0) is 13.6. The summed E-state index contributed by atoms with van der Waals surface area (Å²) in [5.74, 6) is 0. The van der Waals surface area contributed by atoms with E-state index in [0.717, 1.165) is 4.52 Å². The first-order valence-electron chi connectivity index (χ1n) is 6.06. The maximum Gasteiger partial charge on any atom is 0.349 e. The van der Waals surface area contributed by atoms with Gasteiger partial charge in [0.25, 0.3) is 0 Å². The highest BCUT2D eigenvalue weighted by atomic mass is 16.5. The average molecular weight is 266 g/mol. The first-order valence-corrected chi connectivity index (χ1v) is 6.06. The van der Waals surface area contributed by atoms with E-state index in [0.29, 0.717) is 17.6 Å². The summed E-state index contributed by atoms with van der Waals surface area (Å²) in [6.07, 6.45) is 0.102. The fourth-order valence-electron chi connectivity index (χ4n) is 2.39. The number of nitrogens with zero attached hydrogens (tertiary/aromatic N) is 3. The van der Waals surface area contributed by atoms with Gasteiger partial charge in [0.1, 0.15) is 18.3 Å². The summed E-state index contributed by atoms with van der Waals surface area (Å²) in [5.41, 5.74) is 0.390. The first-order chi connectivity index (χ1) is 9.13. The number of aliphatic hydroxyl groups excluding tert-OH is 2. The number of hydrogen-bond acceptors (Lipinski definition) is 6. The Labute approximate surface area is 107 Å². The van der Waals surface area contributed by atoms with Crippen molar-refractivity contribution in [3.8, 4) is 0 Å². The Morgan fingerprint density at radius 3 is 2.95 bits per heavy atom. The number of rotatable bonds is 2. The molecule has 1 saturated heterocycles. The second-order valence-electron chi connectivity index (χ2n) is 4.53. The number of aromatic amines is 1. The molecule has 2 aromatic heterocycles. The van der Waals surface area contributed by atoms with Crippen LogP contribution in [0.4, 0.5) is 0 Å². The van der Waals surface area contributed by atoms with E-state index in [1.165, 1.54) is 12.5 Å². The number of hydrogen-bond donors (Lipinski definition) is 3. The molecule has 0 unspecified atom stereocenters. The highest BCUT2D eigenvalue weighted by Crippen LogP contribution is 2.35. The summed E-state index contributed by atoms with van der Waals surface area (Å²) < 4.78 is 6.72. The quantitative estimate of drug-likeness (QED) is 0.642. The Hall–Kier alpha value is -1.77. The van der Waals surface area contributed by atoms with Crippen LogP contribution < -0.4 is 5.69 Å². The first kappa shape index (κ1) is 12.3. The minimum atomic E-state index is -1.06. The molecule has 19 heavy (non-hydrogen) atoms. The number of fused-ring (bicyclic) bond motifs is 1. The van der Waals surface area contributed by atoms with E-state index in [1.54, 1.807) is 0 Å². The van der Waals surface area contributed by atoms with Crippen molar-refractivity contribution in [1.29, 1.82) is 0 Å². The Morgan fingerprint density at radius 2 is 2.26 bits per heavy atom. The van der Waals surface area contributed by atoms with Crippen LogP contribution in [0.2, 0.25) is 0 Å². The standard InChI is InChI=1S/C11H14N4O4/c1-2-6-7(16)8(17)9(19-6)5-3-14-15-10(5)12-4-13-11(15)18/h3-4,6-9,16-17H,2H2,1H3,(H,12,13,18)/t6-,7-,8-,9+/m1/s1. The fourth-order valence-corrected chi connectivity index (χ4v) is 2.39. The molecule has 2 aromatic rings. The van der Waals surface area contributed by atoms with Crippen LogP contribution in [0, 0.1) is 0 Å². The van der Waals surface area contributed by atoms with E-state index in [9.17, 15) is 15.0 Å². The molecule has 1 aliphatic heterocycles. The molecule has 0 bridgehead atoms. The molecule has 1 fully saturated rings. The number of H-pyrrole nitrogens is 1. The molecule has 3 heterocycles. The summed E-state index contributed by atoms with van der Waals surface area (Å²) in [7, 11) is 0. The smallest absolute Gasteiger partial charge is 0.349 e.